The molecular formula is C11H15O4P. The zero-order valence-corrected chi connectivity index (χ0v) is 10.4. The van der Waals surface area contributed by atoms with Crippen molar-refractivity contribution >= 4 is 13.1 Å². The van der Waals surface area contributed by atoms with E-state index in [4.69, 9.17) is 9.79 Å². The fraction of sp³-hybridized carbons (Fsp3) is 0.364. The Balaban J connectivity index is 3.06. The minimum Gasteiger partial charge on any atom is -0.319 e. The number of hydrogen-bond donors (Lipinski definition) is 2. The summed E-state index contributed by atoms with van der Waals surface area (Å²) >= 11 is 0. The number of hydrogen-bond acceptors (Lipinski definition) is 2. The monoisotopic (exact) mass is 242 g/mol. The van der Waals surface area contributed by atoms with Gasteiger partial charge >= 0.3 is 7.60 Å². The lowest BCUT2D eigenvalue weighted by molar-refractivity contribution is 0.104. The van der Waals surface area contributed by atoms with Crippen molar-refractivity contribution in [1.29, 1.82) is 0 Å². The Kier molecular flexibility index (Phi) is 3.38. The molecule has 0 atom stereocenters. The first-order chi connectivity index (χ1) is 7.12. The Labute approximate surface area is 94.5 Å². The van der Waals surface area contributed by atoms with Crippen LogP contribution < -0.4 is 0 Å². The molecule has 0 aliphatic rings. The van der Waals surface area contributed by atoms with Crippen molar-refractivity contribution in [2.45, 2.75) is 26.2 Å². The molecule has 0 aromatic heterocycles. The highest BCUT2D eigenvalue weighted by atomic mass is 31.2. The first-order valence-electron chi connectivity index (χ1n) is 4.83. The van der Waals surface area contributed by atoms with Crippen LogP contribution in [-0.4, -0.2) is 15.3 Å². The number of carbonyl (C=O) groups excluding carboxylic acids is 1. The maximum absolute atomic E-state index is 11.3. The van der Waals surface area contributed by atoms with Gasteiger partial charge in [0.05, 0.1) is 0 Å². The summed E-state index contributed by atoms with van der Waals surface area (Å²) in [4.78, 5) is 28.7. The molecule has 0 amide bonds. The molecule has 0 radical (unpaired) electrons. The molecule has 0 aliphatic heterocycles. The van der Waals surface area contributed by atoms with Gasteiger partial charge in [-0.15, -0.1) is 0 Å². The van der Waals surface area contributed by atoms with E-state index in [1.807, 2.05) is 20.8 Å². The second-order valence-electron chi connectivity index (χ2n) is 4.68. The summed E-state index contributed by atoms with van der Waals surface area (Å²) in [6, 6.07) is 6.32. The average molecular weight is 242 g/mol. The Morgan fingerprint density at radius 2 is 1.56 bits per heavy atom. The van der Waals surface area contributed by atoms with E-state index >= 15 is 0 Å². The van der Waals surface area contributed by atoms with Crippen molar-refractivity contribution < 1.29 is 19.1 Å². The van der Waals surface area contributed by atoms with Gasteiger partial charge in [0.1, 0.15) is 0 Å². The molecule has 0 bridgehead atoms. The molecule has 4 nitrogen and oxygen atoms in total. The third-order valence-electron chi connectivity index (χ3n) is 2.26. The Morgan fingerprint density at radius 1 is 1.12 bits per heavy atom. The maximum atomic E-state index is 11.3. The first kappa shape index (κ1) is 13.1. The van der Waals surface area contributed by atoms with Crippen LogP contribution in [0.25, 0.3) is 0 Å². The highest BCUT2D eigenvalue weighted by Crippen LogP contribution is 2.39. The van der Waals surface area contributed by atoms with E-state index in [-0.39, 0.29) is 11.0 Å². The molecule has 1 aromatic carbocycles. The van der Waals surface area contributed by atoms with Crippen molar-refractivity contribution in [2.24, 2.45) is 0 Å². The van der Waals surface area contributed by atoms with Crippen LogP contribution in [0.4, 0.5) is 0 Å². The number of benzene rings is 1. The fourth-order valence-electron chi connectivity index (χ4n) is 1.28. The third-order valence-corrected chi connectivity index (χ3v) is 3.05. The zero-order chi connectivity index (χ0) is 12.6. The lowest BCUT2D eigenvalue weighted by Gasteiger charge is -2.18. The van der Waals surface area contributed by atoms with Crippen LogP contribution in [0.1, 0.15) is 36.7 Å². The number of rotatable bonds is 2. The van der Waals surface area contributed by atoms with E-state index in [2.05, 4.69) is 0 Å². The summed E-state index contributed by atoms with van der Waals surface area (Å²) in [6.45, 7) is 6.06. The van der Waals surface area contributed by atoms with Crippen LogP contribution >= 0.6 is 7.60 Å². The summed E-state index contributed by atoms with van der Waals surface area (Å²) in [5.41, 5.74) is -0.131. The molecule has 5 heteroatoms. The Hall–Kier alpha value is -0.960. The molecule has 1 rings (SSSR count). The standard InChI is InChI=1S/C11H15O4P/c1-11(2,3)9-6-4-8(5-7-9)10(12)16(13,14)15/h4-7H,1-3H3,(H2,13,14,15). The van der Waals surface area contributed by atoms with Crippen LogP contribution in [0, 0.1) is 0 Å². The van der Waals surface area contributed by atoms with Crippen LogP contribution in [0.2, 0.25) is 0 Å². The van der Waals surface area contributed by atoms with Gasteiger partial charge in [0.2, 0.25) is 0 Å². The zero-order valence-electron chi connectivity index (χ0n) is 9.47. The second kappa shape index (κ2) is 4.13. The molecule has 0 spiro atoms. The minimum atomic E-state index is -4.67. The summed E-state index contributed by atoms with van der Waals surface area (Å²) < 4.78 is 10.8. The lowest BCUT2D eigenvalue weighted by atomic mass is 9.87. The van der Waals surface area contributed by atoms with E-state index < -0.39 is 13.1 Å². The fourth-order valence-corrected chi connectivity index (χ4v) is 1.77. The molecule has 88 valence electrons. The normalized spacial score (nSPS) is 12.6. The molecule has 0 heterocycles. The van der Waals surface area contributed by atoms with Crippen molar-refractivity contribution in [2.75, 3.05) is 0 Å². The van der Waals surface area contributed by atoms with Crippen LogP contribution in [0.15, 0.2) is 24.3 Å². The first-order valence-corrected chi connectivity index (χ1v) is 6.44. The summed E-state index contributed by atoms with van der Waals surface area (Å²) in [6.07, 6.45) is 0. The molecule has 0 unspecified atom stereocenters. The van der Waals surface area contributed by atoms with Gasteiger partial charge < -0.3 is 9.79 Å². The lowest BCUT2D eigenvalue weighted by Crippen LogP contribution is -2.11. The van der Waals surface area contributed by atoms with E-state index in [1.54, 1.807) is 12.1 Å². The molecular weight excluding hydrogens is 227 g/mol. The molecule has 1 aromatic rings. The van der Waals surface area contributed by atoms with Gasteiger partial charge in [-0.3, -0.25) is 9.36 Å². The molecule has 16 heavy (non-hydrogen) atoms. The van der Waals surface area contributed by atoms with Gasteiger partial charge in [-0.05, 0) is 11.0 Å². The second-order valence-corrected chi connectivity index (χ2v) is 6.17. The predicted molar refractivity (Wildman–Crippen MR) is 61.5 cm³/mol. The average Bonchev–Trinajstić information content (AvgIpc) is 2.14. The quantitative estimate of drug-likeness (QED) is 0.780. The summed E-state index contributed by atoms with van der Waals surface area (Å²) in [5, 5.41) is 0. The van der Waals surface area contributed by atoms with Crippen molar-refractivity contribution in [3.8, 4) is 0 Å². The van der Waals surface area contributed by atoms with Crippen molar-refractivity contribution in [3.63, 3.8) is 0 Å². The summed E-state index contributed by atoms with van der Waals surface area (Å²) in [5.74, 6) is 0. The van der Waals surface area contributed by atoms with Crippen molar-refractivity contribution in [1.82, 2.24) is 0 Å². The third kappa shape index (κ3) is 3.01. The van der Waals surface area contributed by atoms with Crippen LogP contribution in [0.3, 0.4) is 0 Å². The van der Waals surface area contributed by atoms with Gasteiger partial charge in [0.15, 0.2) is 0 Å². The van der Waals surface area contributed by atoms with Gasteiger partial charge in [0.25, 0.3) is 5.52 Å². The highest BCUT2D eigenvalue weighted by Gasteiger charge is 2.27. The highest BCUT2D eigenvalue weighted by molar-refractivity contribution is 7.70. The largest absolute Gasteiger partial charge is 0.396 e. The molecule has 2 N–H and O–H groups in total. The Morgan fingerprint density at radius 3 is 1.88 bits per heavy atom. The van der Waals surface area contributed by atoms with Gasteiger partial charge in [-0.1, -0.05) is 45.0 Å². The summed E-state index contributed by atoms with van der Waals surface area (Å²) in [7, 11) is -4.67. The van der Waals surface area contributed by atoms with E-state index in [0.29, 0.717) is 0 Å². The minimum absolute atomic E-state index is 0.0429. The Bertz CT molecular complexity index is 436. The molecule has 0 fully saturated rings. The predicted octanol–water partition coefficient (Wildman–Crippen LogP) is 2.30. The molecule has 0 saturated carbocycles. The maximum Gasteiger partial charge on any atom is 0.396 e. The van der Waals surface area contributed by atoms with Crippen LogP contribution in [0.5, 0.6) is 0 Å². The van der Waals surface area contributed by atoms with Crippen LogP contribution in [-0.2, 0) is 9.98 Å². The van der Waals surface area contributed by atoms with Gasteiger partial charge in [-0.25, -0.2) is 0 Å². The molecule has 0 saturated heterocycles. The van der Waals surface area contributed by atoms with E-state index in [1.165, 1.54) is 12.1 Å². The van der Waals surface area contributed by atoms with E-state index in [0.717, 1.165) is 5.56 Å². The SMILES string of the molecule is CC(C)(C)c1ccc(C(=O)P(=O)(O)O)cc1. The molecule has 0 aliphatic carbocycles. The van der Waals surface area contributed by atoms with Gasteiger partial charge in [0, 0.05) is 5.56 Å². The number of carbonyl (C=O) groups is 1. The van der Waals surface area contributed by atoms with Gasteiger partial charge in [-0.2, -0.15) is 0 Å². The smallest absolute Gasteiger partial charge is 0.319 e. The topological polar surface area (TPSA) is 74.6 Å². The van der Waals surface area contributed by atoms with Crippen molar-refractivity contribution in [3.05, 3.63) is 35.4 Å². The van der Waals surface area contributed by atoms with E-state index in [9.17, 15) is 9.36 Å².